The molecule has 1 aromatic heterocycles. The fraction of sp³-hybridized carbons (Fsp3) is 0.333. The molecule has 0 fully saturated rings. The predicted molar refractivity (Wildman–Crippen MR) is 70.0 cm³/mol. The van der Waals surface area contributed by atoms with E-state index in [0.717, 1.165) is 0 Å². The lowest BCUT2D eigenvalue weighted by molar-refractivity contribution is -0.0152. The smallest absolute Gasteiger partial charge is 0.164 e. The van der Waals surface area contributed by atoms with Crippen molar-refractivity contribution in [1.82, 2.24) is 15.0 Å². The van der Waals surface area contributed by atoms with Crippen LogP contribution in [0.4, 0.5) is 0 Å². The van der Waals surface area contributed by atoms with Crippen molar-refractivity contribution in [1.29, 1.82) is 0 Å². The van der Waals surface area contributed by atoms with Gasteiger partial charge >= 0.3 is 0 Å². The molecule has 2 aromatic rings. The first-order chi connectivity index (χ1) is 9.16. The molecular weight excluding hydrogens is 314 g/mol. The number of rotatable bonds is 2. The second-order valence-corrected chi connectivity index (χ2v) is 5.00. The first kappa shape index (κ1) is 12.4. The highest BCUT2D eigenvalue weighted by Gasteiger charge is 2.32. The molecule has 0 bridgehead atoms. The van der Waals surface area contributed by atoms with Crippen LogP contribution in [-0.2, 0) is 7.05 Å². The van der Waals surface area contributed by atoms with Crippen molar-refractivity contribution in [3.63, 3.8) is 0 Å². The van der Waals surface area contributed by atoms with E-state index in [1.807, 2.05) is 24.3 Å². The third kappa shape index (κ3) is 2.19. The van der Waals surface area contributed by atoms with E-state index in [1.165, 1.54) is 4.68 Å². The zero-order valence-electron chi connectivity index (χ0n) is 10.2. The van der Waals surface area contributed by atoms with E-state index in [0.29, 0.717) is 21.8 Å². The molecule has 100 valence electrons. The number of para-hydroxylation sites is 2. The molecule has 1 aliphatic heterocycles. The molecule has 0 aliphatic carbocycles. The maximum Gasteiger partial charge on any atom is 0.164 e. The minimum absolute atomic E-state index is 0.274. The number of halogens is 1. The lowest BCUT2D eigenvalue weighted by atomic mass is 10.1. The van der Waals surface area contributed by atoms with Gasteiger partial charge in [0.05, 0.1) is 0 Å². The van der Waals surface area contributed by atoms with Gasteiger partial charge in [-0.25, -0.2) is 4.68 Å². The highest BCUT2D eigenvalue weighted by Crippen LogP contribution is 2.35. The van der Waals surface area contributed by atoms with Gasteiger partial charge in [-0.2, -0.15) is 0 Å². The van der Waals surface area contributed by atoms with Crippen molar-refractivity contribution >= 4 is 15.9 Å². The third-order valence-corrected chi connectivity index (χ3v) is 3.55. The van der Waals surface area contributed by atoms with Crippen molar-refractivity contribution in [3.05, 3.63) is 34.6 Å². The summed E-state index contributed by atoms with van der Waals surface area (Å²) in [5, 5.41) is 18.1. The number of aryl methyl sites for hydroxylation is 1. The van der Waals surface area contributed by atoms with E-state index < -0.39 is 12.2 Å². The molecule has 0 spiro atoms. The van der Waals surface area contributed by atoms with Crippen LogP contribution in [0.3, 0.4) is 0 Å². The molecule has 2 heterocycles. The number of nitrogens with zero attached hydrogens (tertiary/aromatic N) is 3. The number of aliphatic hydroxyl groups excluding tert-OH is 1. The highest BCUT2D eigenvalue weighted by atomic mass is 79.9. The Hall–Kier alpha value is -1.60. The van der Waals surface area contributed by atoms with Crippen molar-refractivity contribution in [2.45, 2.75) is 12.2 Å². The topological polar surface area (TPSA) is 69.4 Å². The summed E-state index contributed by atoms with van der Waals surface area (Å²) in [4.78, 5) is 0. The number of hydrogen-bond donors (Lipinski definition) is 1. The molecule has 1 aliphatic rings. The highest BCUT2D eigenvalue weighted by molar-refractivity contribution is 9.10. The second-order valence-electron chi connectivity index (χ2n) is 4.25. The quantitative estimate of drug-likeness (QED) is 0.905. The molecule has 1 aromatic carbocycles. The van der Waals surface area contributed by atoms with Crippen LogP contribution in [0.25, 0.3) is 0 Å². The Kier molecular flexibility index (Phi) is 3.16. The maximum absolute atomic E-state index is 10.4. The van der Waals surface area contributed by atoms with Gasteiger partial charge in [-0.3, -0.25) is 0 Å². The molecule has 7 heteroatoms. The van der Waals surface area contributed by atoms with E-state index in [-0.39, 0.29) is 6.61 Å². The number of ether oxygens (including phenoxy) is 2. The van der Waals surface area contributed by atoms with Crippen LogP contribution >= 0.6 is 15.9 Å². The molecule has 2 unspecified atom stereocenters. The van der Waals surface area contributed by atoms with Gasteiger partial charge in [0.25, 0.3) is 0 Å². The molecule has 0 saturated heterocycles. The average Bonchev–Trinajstić information content (AvgIpc) is 2.77. The molecule has 0 radical (unpaired) electrons. The number of aliphatic hydroxyl groups is 1. The lowest BCUT2D eigenvalue weighted by Crippen LogP contribution is -2.35. The molecule has 1 N–H and O–H groups in total. The van der Waals surface area contributed by atoms with Crippen LogP contribution < -0.4 is 9.47 Å². The number of fused-ring (bicyclic) bond motifs is 1. The predicted octanol–water partition coefficient (Wildman–Crippen LogP) is 1.45. The van der Waals surface area contributed by atoms with Crippen LogP contribution in [0, 0.1) is 0 Å². The van der Waals surface area contributed by atoms with Crippen LogP contribution in [0.15, 0.2) is 28.9 Å². The molecule has 3 rings (SSSR count). The van der Waals surface area contributed by atoms with Crippen molar-refractivity contribution < 1.29 is 14.6 Å². The molecule has 0 saturated carbocycles. The minimum atomic E-state index is -0.872. The van der Waals surface area contributed by atoms with E-state index in [9.17, 15) is 5.11 Å². The second kappa shape index (κ2) is 4.82. The molecule has 2 atom stereocenters. The Balaban J connectivity index is 1.85. The van der Waals surface area contributed by atoms with Gasteiger partial charge in [0.1, 0.15) is 18.4 Å². The van der Waals surface area contributed by atoms with Crippen LogP contribution in [0.1, 0.15) is 11.8 Å². The SMILES string of the molecule is Cn1nnc(Br)c1C(O)C1COc2ccccc2O1. The van der Waals surface area contributed by atoms with Gasteiger partial charge in [0, 0.05) is 7.05 Å². The Morgan fingerprint density at radius 2 is 2.16 bits per heavy atom. The first-order valence-corrected chi connectivity index (χ1v) is 6.57. The molecule has 0 amide bonds. The Morgan fingerprint density at radius 1 is 1.42 bits per heavy atom. The van der Waals surface area contributed by atoms with Crippen LogP contribution in [0.2, 0.25) is 0 Å². The normalized spacial score (nSPS) is 19.2. The fourth-order valence-corrected chi connectivity index (χ4v) is 2.58. The summed E-state index contributed by atoms with van der Waals surface area (Å²) in [7, 11) is 1.72. The van der Waals surface area contributed by atoms with Crippen LogP contribution in [0.5, 0.6) is 11.5 Å². The third-order valence-electron chi connectivity index (χ3n) is 2.99. The maximum atomic E-state index is 10.4. The summed E-state index contributed by atoms with van der Waals surface area (Å²) in [6.07, 6.45) is -1.37. The first-order valence-electron chi connectivity index (χ1n) is 5.78. The van der Waals surface area contributed by atoms with Gasteiger partial charge in [0.2, 0.25) is 0 Å². The van der Waals surface area contributed by atoms with Crippen molar-refractivity contribution in [2.24, 2.45) is 7.05 Å². The van der Waals surface area contributed by atoms with Gasteiger partial charge in [0.15, 0.2) is 22.2 Å². The van der Waals surface area contributed by atoms with Crippen LogP contribution in [-0.4, -0.2) is 32.8 Å². The summed E-state index contributed by atoms with van der Waals surface area (Å²) in [6, 6.07) is 7.38. The zero-order chi connectivity index (χ0) is 13.4. The molecular formula is C12H12BrN3O3. The van der Waals surface area contributed by atoms with E-state index in [4.69, 9.17) is 9.47 Å². The van der Waals surface area contributed by atoms with E-state index in [1.54, 1.807) is 7.05 Å². The largest absolute Gasteiger partial charge is 0.486 e. The van der Waals surface area contributed by atoms with Gasteiger partial charge in [-0.05, 0) is 28.1 Å². The van der Waals surface area contributed by atoms with Crippen molar-refractivity contribution in [3.8, 4) is 11.5 Å². The number of hydrogen-bond acceptors (Lipinski definition) is 5. The van der Waals surface area contributed by atoms with E-state index in [2.05, 4.69) is 26.2 Å². The van der Waals surface area contributed by atoms with Gasteiger partial charge < -0.3 is 14.6 Å². The summed E-state index contributed by atoms with van der Waals surface area (Å²) >= 11 is 3.27. The molecule has 6 nitrogen and oxygen atoms in total. The summed E-state index contributed by atoms with van der Waals surface area (Å²) < 4.78 is 13.4. The number of aromatic nitrogens is 3. The van der Waals surface area contributed by atoms with E-state index >= 15 is 0 Å². The fourth-order valence-electron chi connectivity index (χ4n) is 2.02. The zero-order valence-corrected chi connectivity index (χ0v) is 11.7. The average molecular weight is 326 g/mol. The summed E-state index contributed by atoms with van der Waals surface area (Å²) in [5.41, 5.74) is 0.563. The minimum Gasteiger partial charge on any atom is -0.486 e. The Morgan fingerprint density at radius 3 is 2.84 bits per heavy atom. The lowest BCUT2D eigenvalue weighted by Gasteiger charge is -2.29. The van der Waals surface area contributed by atoms with Gasteiger partial charge in [-0.1, -0.05) is 17.3 Å². The molecule has 19 heavy (non-hydrogen) atoms. The van der Waals surface area contributed by atoms with Crippen molar-refractivity contribution in [2.75, 3.05) is 6.61 Å². The summed E-state index contributed by atoms with van der Waals surface area (Å²) in [5.74, 6) is 1.32. The number of benzene rings is 1. The standard InChI is InChI=1S/C12H12BrN3O3/c1-16-10(12(13)14-15-16)11(17)9-6-18-7-4-2-3-5-8(7)19-9/h2-5,9,11,17H,6H2,1H3. The monoisotopic (exact) mass is 325 g/mol. The Bertz CT molecular complexity index is 582. The van der Waals surface area contributed by atoms with Gasteiger partial charge in [-0.15, -0.1) is 5.10 Å². The Labute approximate surface area is 118 Å². The summed E-state index contributed by atoms with van der Waals surface area (Å²) in [6.45, 7) is 0.274.